The summed E-state index contributed by atoms with van der Waals surface area (Å²) >= 11 is 0. The standard InChI is InChI=1S/C21H21NO2/c1-2-24-20-10-6-5-8-17(20)12-14-21(23)22-19-13-11-16-7-3-4-9-18(16)15-19/h3-11,13,15H,2,12,14H2,1H3,(H,22,23). The molecule has 0 aromatic heterocycles. The van der Waals surface area contributed by atoms with Crippen molar-refractivity contribution in [3.8, 4) is 5.75 Å². The van der Waals surface area contributed by atoms with E-state index >= 15 is 0 Å². The number of hydrogen-bond donors (Lipinski definition) is 1. The van der Waals surface area contributed by atoms with E-state index in [1.807, 2.05) is 67.6 Å². The number of fused-ring (bicyclic) bond motifs is 1. The zero-order chi connectivity index (χ0) is 16.8. The van der Waals surface area contributed by atoms with Gasteiger partial charge in [0, 0.05) is 12.1 Å². The van der Waals surface area contributed by atoms with Crippen LogP contribution in [0.3, 0.4) is 0 Å². The molecule has 0 bridgehead atoms. The van der Waals surface area contributed by atoms with Gasteiger partial charge in [-0.15, -0.1) is 0 Å². The highest BCUT2D eigenvalue weighted by Crippen LogP contribution is 2.21. The van der Waals surface area contributed by atoms with Crippen LogP contribution in [0.25, 0.3) is 10.8 Å². The molecule has 0 radical (unpaired) electrons. The van der Waals surface area contributed by atoms with Crippen molar-refractivity contribution in [1.29, 1.82) is 0 Å². The number of hydrogen-bond acceptors (Lipinski definition) is 2. The van der Waals surface area contributed by atoms with E-state index in [2.05, 4.69) is 11.4 Å². The van der Waals surface area contributed by atoms with Crippen molar-refractivity contribution < 1.29 is 9.53 Å². The Hall–Kier alpha value is -2.81. The van der Waals surface area contributed by atoms with Crippen molar-refractivity contribution in [2.75, 3.05) is 11.9 Å². The van der Waals surface area contributed by atoms with Crippen molar-refractivity contribution in [2.24, 2.45) is 0 Å². The van der Waals surface area contributed by atoms with Crippen molar-refractivity contribution in [3.05, 3.63) is 72.3 Å². The average molecular weight is 319 g/mol. The van der Waals surface area contributed by atoms with Gasteiger partial charge in [0.2, 0.25) is 5.91 Å². The van der Waals surface area contributed by atoms with E-state index in [-0.39, 0.29) is 5.91 Å². The maximum atomic E-state index is 12.2. The van der Waals surface area contributed by atoms with Crippen LogP contribution in [-0.2, 0) is 11.2 Å². The van der Waals surface area contributed by atoms with E-state index in [1.54, 1.807) is 0 Å². The molecule has 0 aliphatic rings. The summed E-state index contributed by atoms with van der Waals surface area (Å²) in [5.41, 5.74) is 1.89. The molecule has 0 saturated carbocycles. The normalized spacial score (nSPS) is 10.5. The third-order valence-corrected chi connectivity index (χ3v) is 3.93. The predicted molar refractivity (Wildman–Crippen MR) is 98.5 cm³/mol. The number of para-hydroxylation sites is 1. The first-order valence-corrected chi connectivity index (χ1v) is 8.25. The van der Waals surface area contributed by atoms with Crippen LogP contribution < -0.4 is 10.1 Å². The molecule has 122 valence electrons. The minimum atomic E-state index is 0.0107. The lowest BCUT2D eigenvalue weighted by Crippen LogP contribution is -2.12. The van der Waals surface area contributed by atoms with E-state index < -0.39 is 0 Å². The van der Waals surface area contributed by atoms with Crippen LogP contribution in [0.5, 0.6) is 5.75 Å². The predicted octanol–water partition coefficient (Wildman–Crippen LogP) is 4.81. The van der Waals surface area contributed by atoms with Gasteiger partial charge >= 0.3 is 0 Å². The summed E-state index contributed by atoms with van der Waals surface area (Å²) in [7, 11) is 0. The van der Waals surface area contributed by atoms with Crippen molar-refractivity contribution in [3.63, 3.8) is 0 Å². The van der Waals surface area contributed by atoms with Gasteiger partial charge in [-0.2, -0.15) is 0 Å². The molecule has 1 N–H and O–H groups in total. The summed E-state index contributed by atoms with van der Waals surface area (Å²) in [4.78, 5) is 12.2. The first kappa shape index (κ1) is 16.1. The first-order chi connectivity index (χ1) is 11.8. The maximum Gasteiger partial charge on any atom is 0.224 e. The van der Waals surface area contributed by atoms with Gasteiger partial charge in [-0.05, 0) is 47.9 Å². The third-order valence-electron chi connectivity index (χ3n) is 3.93. The Kier molecular flexibility index (Phi) is 5.12. The summed E-state index contributed by atoms with van der Waals surface area (Å²) in [6, 6.07) is 22.0. The number of carbonyl (C=O) groups is 1. The zero-order valence-electron chi connectivity index (χ0n) is 13.8. The lowest BCUT2D eigenvalue weighted by atomic mass is 10.1. The van der Waals surface area contributed by atoms with Crippen LogP contribution >= 0.6 is 0 Å². The van der Waals surface area contributed by atoms with Gasteiger partial charge in [-0.1, -0.05) is 48.5 Å². The van der Waals surface area contributed by atoms with Gasteiger partial charge in [0.05, 0.1) is 6.61 Å². The lowest BCUT2D eigenvalue weighted by Gasteiger charge is -2.10. The van der Waals surface area contributed by atoms with Crippen LogP contribution in [0.15, 0.2) is 66.7 Å². The molecule has 24 heavy (non-hydrogen) atoms. The highest BCUT2D eigenvalue weighted by atomic mass is 16.5. The smallest absolute Gasteiger partial charge is 0.224 e. The second kappa shape index (κ2) is 7.64. The number of ether oxygens (including phenoxy) is 1. The minimum absolute atomic E-state index is 0.0107. The highest BCUT2D eigenvalue weighted by molar-refractivity contribution is 5.94. The molecule has 0 saturated heterocycles. The Bertz CT molecular complexity index is 842. The first-order valence-electron chi connectivity index (χ1n) is 8.25. The largest absolute Gasteiger partial charge is 0.494 e. The summed E-state index contributed by atoms with van der Waals surface area (Å²) in [6.45, 7) is 2.59. The Morgan fingerprint density at radius 1 is 0.958 bits per heavy atom. The number of rotatable bonds is 6. The Morgan fingerprint density at radius 3 is 2.54 bits per heavy atom. The number of nitrogens with one attached hydrogen (secondary N) is 1. The Morgan fingerprint density at radius 2 is 1.71 bits per heavy atom. The van der Waals surface area contributed by atoms with Crippen molar-refractivity contribution in [2.45, 2.75) is 19.8 Å². The van der Waals surface area contributed by atoms with E-state index in [9.17, 15) is 4.79 Å². The molecule has 0 aliphatic carbocycles. The maximum absolute atomic E-state index is 12.2. The number of aryl methyl sites for hydroxylation is 1. The molecule has 3 nitrogen and oxygen atoms in total. The van der Waals surface area contributed by atoms with Gasteiger partial charge in [-0.25, -0.2) is 0 Å². The van der Waals surface area contributed by atoms with Crippen molar-refractivity contribution in [1.82, 2.24) is 0 Å². The molecule has 0 heterocycles. The Balaban J connectivity index is 1.63. The Labute approximate surface area is 142 Å². The van der Waals surface area contributed by atoms with Gasteiger partial charge in [0.15, 0.2) is 0 Å². The molecule has 0 spiro atoms. The molecule has 0 unspecified atom stereocenters. The number of anilines is 1. The van der Waals surface area contributed by atoms with Crippen LogP contribution in [0, 0.1) is 0 Å². The van der Waals surface area contributed by atoms with Crippen LogP contribution in [0.1, 0.15) is 18.9 Å². The number of benzene rings is 3. The lowest BCUT2D eigenvalue weighted by molar-refractivity contribution is -0.116. The van der Waals surface area contributed by atoms with E-state index in [4.69, 9.17) is 4.74 Å². The average Bonchev–Trinajstić information content (AvgIpc) is 2.61. The quantitative estimate of drug-likeness (QED) is 0.708. The minimum Gasteiger partial charge on any atom is -0.494 e. The number of amides is 1. The molecule has 0 atom stereocenters. The summed E-state index contributed by atoms with van der Waals surface area (Å²) in [5.74, 6) is 0.870. The fraction of sp³-hybridized carbons (Fsp3) is 0.190. The fourth-order valence-electron chi connectivity index (χ4n) is 2.75. The number of carbonyl (C=O) groups excluding carboxylic acids is 1. The van der Waals surface area contributed by atoms with Gasteiger partial charge < -0.3 is 10.1 Å². The molecular weight excluding hydrogens is 298 g/mol. The highest BCUT2D eigenvalue weighted by Gasteiger charge is 2.07. The third kappa shape index (κ3) is 3.93. The fourth-order valence-corrected chi connectivity index (χ4v) is 2.75. The summed E-state index contributed by atoms with van der Waals surface area (Å²) in [5, 5.41) is 5.27. The summed E-state index contributed by atoms with van der Waals surface area (Å²) < 4.78 is 5.60. The van der Waals surface area contributed by atoms with Gasteiger partial charge in [0.25, 0.3) is 0 Å². The van der Waals surface area contributed by atoms with E-state index in [0.29, 0.717) is 19.4 Å². The van der Waals surface area contributed by atoms with Crippen LogP contribution in [0.4, 0.5) is 5.69 Å². The monoisotopic (exact) mass is 319 g/mol. The van der Waals surface area contributed by atoms with Crippen molar-refractivity contribution >= 4 is 22.4 Å². The molecule has 3 heteroatoms. The van der Waals surface area contributed by atoms with Crippen LogP contribution in [-0.4, -0.2) is 12.5 Å². The molecule has 1 amide bonds. The van der Waals surface area contributed by atoms with Gasteiger partial charge in [0.1, 0.15) is 5.75 Å². The molecular formula is C21H21NO2. The van der Waals surface area contributed by atoms with E-state index in [0.717, 1.165) is 22.4 Å². The SMILES string of the molecule is CCOc1ccccc1CCC(=O)Nc1ccc2ccccc2c1. The molecule has 3 aromatic carbocycles. The molecule has 3 rings (SSSR count). The second-order valence-electron chi connectivity index (χ2n) is 5.65. The zero-order valence-corrected chi connectivity index (χ0v) is 13.8. The van der Waals surface area contributed by atoms with Crippen LogP contribution in [0.2, 0.25) is 0 Å². The molecule has 0 fully saturated rings. The second-order valence-corrected chi connectivity index (χ2v) is 5.65. The van der Waals surface area contributed by atoms with E-state index in [1.165, 1.54) is 5.39 Å². The molecule has 3 aromatic rings. The molecule has 0 aliphatic heterocycles. The van der Waals surface area contributed by atoms with Gasteiger partial charge in [-0.3, -0.25) is 4.79 Å². The summed E-state index contributed by atoms with van der Waals surface area (Å²) in [6.07, 6.45) is 1.09. The topological polar surface area (TPSA) is 38.3 Å².